The minimum absolute atomic E-state index is 0.0788. The second-order valence-electron chi connectivity index (χ2n) is 13.6. The quantitative estimate of drug-likeness (QED) is 0.145. The predicted octanol–water partition coefficient (Wildman–Crippen LogP) is 5.25. The maximum absolute atomic E-state index is 13.6. The Morgan fingerprint density at radius 2 is 1.28 bits per heavy atom. The molecule has 4 heterocycles. The molecule has 0 atom stereocenters. The maximum Gasteiger partial charge on any atom is 0.276 e. The van der Waals surface area contributed by atoms with Gasteiger partial charge >= 0.3 is 0 Å². The van der Waals surface area contributed by atoms with E-state index in [1.165, 1.54) is 0 Å². The van der Waals surface area contributed by atoms with E-state index in [1.54, 1.807) is 33.4 Å². The van der Waals surface area contributed by atoms with Crippen molar-refractivity contribution < 1.29 is 14.4 Å². The molecule has 3 amide bonds. The summed E-state index contributed by atoms with van der Waals surface area (Å²) in [6.45, 7) is 12.1. The van der Waals surface area contributed by atoms with E-state index in [-0.39, 0.29) is 24.3 Å². The predicted molar refractivity (Wildman–Crippen MR) is 207 cm³/mol. The molecule has 15 nitrogen and oxygen atoms in total. The second kappa shape index (κ2) is 15.4. The largest absolute Gasteiger partial charge is 0.312 e. The Bertz CT molecular complexity index is 2310. The Hall–Kier alpha value is -5.83. The Labute approximate surface area is 308 Å². The molecule has 0 aliphatic heterocycles. The molecule has 0 saturated heterocycles. The van der Waals surface area contributed by atoms with Crippen molar-refractivity contribution in [2.75, 3.05) is 43.2 Å². The second-order valence-corrected chi connectivity index (χ2v) is 13.6. The summed E-state index contributed by atoms with van der Waals surface area (Å²) in [4.78, 5) is 53.4. The van der Waals surface area contributed by atoms with E-state index in [0.717, 1.165) is 39.9 Å². The molecule has 0 aliphatic carbocycles. The number of carbonyl (C=O) groups is 3. The van der Waals surface area contributed by atoms with Crippen molar-refractivity contribution in [1.82, 2.24) is 43.6 Å². The Morgan fingerprint density at radius 3 is 1.85 bits per heavy atom. The molecule has 2 N–H and O–H groups in total. The maximum atomic E-state index is 13.6. The van der Waals surface area contributed by atoms with Gasteiger partial charge in [-0.15, -0.1) is 0 Å². The van der Waals surface area contributed by atoms with Crippen LogP contribution in [0, 0.1) is 20.8 Å². The van der Waals surface area contributed by atoms with Gasteiger partial charge in [0.2, 0.25) is 17.8 Å². The summed E-state index contributed by atoms with van der Waals surface area (Å²) in [5.74, 6) is 0.186. The third-order valence-electron chi connectivity index (χ3n) is 9.18. The average molecular weight is 721 g/mol. The van der Waals surface area contributed by atoms with Gasteiger partial charge in [-0.05, 0) is 104 Å². The zero-order valence-electron chi connectivity index (χ0n) is 31.8. The molecule has 2 aromatic carbocycles. The van der Waals surface area contributed by atoms with Gasteiger partial charge < -0.3 is 18.9 Å². The van der Waals surface area contributed by atoms with Gasteiger partial charge in [-0.25, -0.2) is 9.97 Å². The van der Waals surface area contributed by atoms with Crippen LogP contribution in [-0.4, -0.2) is 89.0 Å². The van der Waals surface area contributed by atoms with Crippen LogP contribution in [0.3, 0.4) is 0 Å². The number of anilines is 3. The molecule has 0 unspecified atom stereocenters. The number of rotatable bonds is 14. The molecule has 4 aromatic heterocycles. The standard InChI is InChI=1S/C38H48N12O3/c1-9-49-31(21-25(4)43-49)35(52)41-37-39-27-20-24(3)16-17-28(27)47(37)18-11-12-19-48-30-15-13-14-29(46(8)33(51)23-45(6)7)34(30)40-38(48)42-36(53)32-22-26(5)44-50(32)10-2/h13-17,20-22H,9-12,18-19,23H2,1-8H3,(H,39,41,52)(H,40,42,53). The topological polar surface area (TPSA) is 153 Å². The van der Waals surface area contributed by atoms with Gasteiger partial charge in [-0.3, -0.25) is 34.4 Å². The number of amides is 3. The van der Waals surface area contributed by atoms with Gasteiger partial charge in [0.1, 0.15) is 16.9 Å². The van der Waals surface area contributed by atoms with Crippen LogP contribution in [0.4, 0.5) is 17.6 Å². The summed E-state index contributed by atoms with van der Waals surface area (Å²) in [7, 11) is 5.44. The first-order chi connectivity index (χ1) is 25.4. The zero-order chi connectivity index (χ0) is 38.0. The first-order valence-electron chi connectivity index (χ1n) is 18.0. The van der Waals surface area contributed by atoms with Crippen molar-refractivity contribution in [1.29, 1.82) is 0 Å². The molecule has 6 rings (SSSR count). The van der Waals surface area contributed by atoms with E-state index in [1.807, 2.05) is 99.1 Å². The average Bonchev–Trinajstić information content (AvgIpc) is 3.88. The van der Waals surface area contributed by atoms with Crippen LogP contribution in [0.5, 0.6) is 0 Å². The number of unbranched alkanes of at least 4 members (excludes halogenated alkanes) is 1. The third kappa shape index (κ3) is 7.70. The molecule has 0 fully saturated rings. The molecule has 0 spiro atoms. The number of hydrogen-bond acceptors (Lipinski definition) is 8. The van der Waals surface area contributed by atoms with Crippen LogP contribution in [0.25, 0.3) is 22.1 Å². The molecular weight excluding hydrogens is 672 g/mol. The number of aromatic nitrogens is 8. The van der Waals surface area contributed by atoms with E-state index in [0.29, 0.717) is 67.1 Å². The van der Waals surface area contributed by atoms with E-state index >= 15 is 0 Å². The van der Waals surface area contributed by atoms with Crippen LogP contribution < -0.4 is 15.5 Å². The lowest BCUT2D eigenvalue weighted by molar-refractivity contribution is -0.118. The highest BCUT2D eigenvalue weighted by Gasteiger charge is 2.23. The first kappa shape index (κ1) is 36.9. The normalized spacial score (nSPS) is 11.6. The van der Waals surface area contributed by atoms with Gasteiger partial charge in [0.15, 0.2) is 0 Å². The monoisotopic (exact) mass is 720 g/mol. The van der Waals surface area contributed by atoms with Gasteiger partial charge in [0.05, 0.1) is 40.2 Å². The summed E-state index contributed by atoms with van der Waals surface area (Å²) < 4.78 is 7.39. The zero-order valence-corrected chi connectivity index (χ0v) is 31.8. The van der Waals surface area contributed by atoms with Crippen molar-refractivity contribution in [3.8, 4) is 0 Å². The summed E-state index contributed by atoms with van der Waals surface area (Å²) in [5, 5.41) is 15.0. The number of likely N-dealkylation sites (N-methyl/N-ethyl adjacent to an activating group) is 2. The number of carbonyl (C=O) groups excluding carboxylic acids is 3. The lowest BCUT2D eigenvalue weighted by Gasteiger charge is -2.20. The number of aryl methyl sites for hydroxylation is 7. The fourth-order valence-corrected chi connectivity index (χ4v) is 6.61. The lowest BCUT2D eigenvalue weighted by Crippen LogP contribution is -2.35. The summed E-state index contributed by atoms with van der Waals surface area (Å²) >= 11 is 0. The van der Waals surface area contributed by atoms with Crippen molar-refractivity contribution in [3.05, 3.63) is 76.9 Å². The molecule has 15 heteroatoms. The van der Waals surface area contributed by atoms with Gasteiger partial charge in [-0.2, -0.15) is 10.2 Å². The molecule has 278 valence electrons. The minimum atomic E-state index is -0.317. The highest BCUT2D eigenvalue weighted by atomic mass is 16.2. The van der Waals surface area contributed by atoms with Crippen LogP contribution in [0.2, 0.25) is 0 Å². The Balaban J connectivity index is 1.29. The van der Waals surface area contributed by atoms with Crippen molar-refractivity contribution in [2.24, 2.45) is 0 Å². The Kier molecular flexibility index (Phi) is 10.7. The van der Waals surface area contributed by atoms with Crippen molar-refractivity contribution in [3.63, 3.8) is 0 Å². The van der Waals surface area contributed by atoms with E-state index in [9.17, 15) is 14.4 Å². The highest BCUT2D eigenvalue weighted by molar-refractivity contribution is 6.06. The first-order valence-corrected chi connectivity index (χ1v) is 18.0. The summed E-state index contributed by atoms with van der Waals surface area (Å²) in [6.07, 6.45) is 1.44. The molecule has 0 radical (unpaired) electrons. The molecule has 0 aliphatic rings. The lowest BCUT2D eigenvalue weighted by atomic mass is 10.2. The molecule has 6 aromatic rings. The molecule has 53 heavy (non-hydrogen) atoms. The Morgan fingerprint density at radius 1 is 0.717 bits per heavy atom. The van der Waals surface area contributed by atoms with E-state index in [2.05, 4.69) is 20.8 Å². The van der Waals surface area contributed by atoms with Gasteiger partial charge in [0.25, 0.3) is 11.8 Å². The number of hydrogen-bond donors (Lipinski definition) is 2. The smallest absolute Gasteiger partial charge is 0.276 e. The highest BCUT2D eigenvalue weighted by Crippen LogP contribution is 2.30. The number of nitrogens with zero attached hydrogens (tertiary/aromatic N) is 10. The number of para-hydroxylation sites is 1. The summed E-state index contributed by atoms with van der Waals surface area (Å²) in [5.41, 5.74) is 7.29. The van der Waals surface area contributed by atoms with Crippen molar-refractivity contribution in [2.45, 2.75) is 73.6 Å². The van der Waals surface area contributed by atoms with Gasteiger partial charge in [0, 0.05) is 33.2 Å². The molecule has 0 bridgehead atoms. The number of fused-ring (bicyclic) bond motifs is 2. The third-order valence-corrected chi connectivity index (χ3v) is 9.18. The SMILES string of the molecule is CCn1nc(C)cc1C(=O)Nc1nc2cc(C)ccc2n1CCCCn1c(NC(=O)c2cc(C)nn2CC)nc2c(N(C)C(=O)CN(C)C)cccc21. The molecule has 0 saturated carbocycles. The number of imidazole rings is 2. The fraction of sp³-hybridized carbons (Fsp3) is 0.395. The van der Waals surface area contributed by atoms with Crippen molar-refractivity contribution >= 4 is 57.4 Å². The number of nitrogens with one attached hydrogen (secondary N) is 2. The van der Waals surface area contributed by atoms with Gasteiger partial charge in [-0.1, -0.05) is 12.1 Å². The van der Waals surface area contributed by atoms with Crippen LogP contribution in [0.1, 0.15) is 64.6 Å². The van der Waals surface area contributed by atoms with Crippen LogP contribution in [-0.2, 0) is 31.0 Å². The van der Waals surface area contributed by atoms with Crippen LogP contribution >= 0.6 is 0 Å². The summed E-state index contributed by atoms with van der Waals surface area (Å²) in [6, 6.07) is 15.3. The fourth-order valence-electron chi connectivity index (χ4n) is 6.61. The number of benzene rings is 2. The minimum Gasteiger partial charge on any atom is -0.312 e. The van der Waals surface area contributed by atoms with E-state index in [4.69, 9.17) is 9.97 Å². The molecular formula is C38H48N12O3. The van der Waals surface area contributed by atoms with E-state index < -0.39 is 0 Å². The van der Waals surface area contributed by atoms with Crippen LogP contribution in [0.15, 0.2) is 48.5 Å².